The van der Waals surface area contributed by atoms with Crippen molar-refractivity contribution in [3.63, 3.8) is 0 Å². The molecule has 1 aromatic heterocycles. The lowest BCUT2D eigenvalue weighted by Gasteiger charge is -2.10. The van der Waals surface area contributed by atoms with E-state index in [1.807, 2.05) is 45.0 Å². The third kappa shape index (κ3) is 4.52. The number of carbonyl (C=O) groups excluding carboxylic acids is 1. The van der Waals surface area contributed by atoms with E-state index < -0.39 is 0 Å². The number of benzene rings is 2. The third-order valence-corrected chi connectivity index (χ3v) is 4.59. The predicted molar refractivity (Wildman–Crippen MR) is 106 cm³/mol. The zero-order valence-corrected chi connectivity index (χ0v) is 16.5. The summed E-state index contributed by atoms with van der Waals surface area (Å²) in [5.74, 6) is 1.99. The van der Waals surface area contributed by atoms with Crippen molar-refractivity contribution in [1.82, 2.24) is 10.5 Å². The molecule has 0 unspecified atom stereocenters. The molecule has 2 aromatic carbocycles. The Morgan fingerprint density at radius 1 is 1.14 bits per heavy atom. The van der Waals surface area contributed by atoms with Crippen LogP contribution >= 0.6 is 0 Å². The van der Waals surface area contributed by atoms with Gasteiger partial charge in [0.15, 0.2) is 0 Å². The molecule has 0 fully saturated rings. The van der Waals surface area contributed by atoms with Crippen LogP contribution in [0.3, 0.4) is 0 Å². The van der Waals surface area contributed by atoms with Crippen LogP contribution in [0.15, 0.2) is 47.0 Å². The summed E-state index contributed by atoms with van der Waals surface area (Å²) in [5, 5.41) is 6.84. The summed E-state index contributed by atoms with van der Waals surface area (Å²) >= 11 is 0. The number of hydrogen-bond donors (Lipinski definition) is 1. The third-order valence-electron chi connectivity index (χ3n) is 4.59. The fourth-order valence-electron chi connectivity index (χ4n) is 2.85. The molecule has 3 aromatic rings. The first-order chi connectivity index (χ1) is 13.5. The van der Waals surface area contributed by atoms with Crippen LogP contribution in [0.25, 0.3) is 0 Å². The van der Waals surface area contributed by atoms with E-state index in [1.165, 1.54) is 0 Å². The Bertz CT molecular complexity index is 959. The second-order valence-electron chi connectivity index (χ2n) is 6.61. The molecule has 0 radical (unpaired) electrons. The fraction of sp³-hybridized carbons (Fsp3) is 0.273. The number of methoxy groups -OCH3 is 1. The first kappa shape index (κ1) is 19.5. The van der Waals surface area contributed by atoms with Gasteiger partial charge in [-0.3, -0.25) is 4.79 Å². The highest BCUT2D eigenvalue weighted by atomic mass is 16.5. The van der Waals surface area contributed by atoms with E-state index in [-0.39, 0.29) is 5.91 Å². The molecule has 1 heterocycles. The SMILES string of the molecule is COc1cc(CNC(=O)c2cccc(OCc3c(C)noc3C)c2)ccc1C. The molecule has 0 bridgehead atoms. The molecule has 0 spiro atoms. The zero-order valence-electron chi connectivity index (χ0n) is 16.5. The van der Waals surface area contributed by atoms with Gasteiger partial charge in [-0.1, -0.05) is 23.4 Å². The van der Waals surface area contributed by atoms with Crippen molar-refractivity contribution in [2.24, 2.45) is 0 Å². The lowest BCUT2D eigenvalue weighted by molar-refractivity contribution is 0.0950. The minimum absolute atomic E-state index is 0.165. The molecule has 28 heavy (non-hydrogen) atoms. The maximum atomic E-state index is 12.5. The van der Waals surface area contributed by atoms with Crippen LogP contribution in [-0.4, -0.2) is 18.2 Å². The second-order valence-corrected chi connectivity index (χ2v) is 6.61. The summed E-state index contributed by atoms with van der Waals surface area (Å²) in [7, 11) is 1.64. The van der Waals surface area contributed by atoms with Gasteiger partial charge in [-0.05, 0) is 56.2 Å². The van der Waals surface area contributed by atoms with Crippen LogP contribution in [0.4, 0.5) is 0 Å². The molecular weight excluding hydrogens is 356 g/mol. The number of aromatic nitrogens is 1. The van der Waals surface area contributed by atoms with Gasteiger partial charge in [0.2, 0.25) is 0 Å². The van der Waals surface area contributed by atoms with Gasteiger partial charge in [-0.2, -0.15) is 0 Å². The van der Waals surface area contributed by atoms with E-state index >= 15 is 0 Å². The van der Waals surface area contributed by atoms with Crippen molar-refractivity contribution >= 4 is 5.91 Å². The molecule has 6 heteroatoms. The normalized spacial score (nSPS) is 10.6. The average molecular weight is 380 g/mol. The zero-order chi connectivity index (χ0) is 20.1. The van der Waals surface area contributed by atoms with Crippen LogP contribution in [-0.2, 0) is 13.2 Å². The van der Waals surface area contributed by atoms with Crippen molar-refractivity contribution in [3.05, 3.63) is 76.2 Å². The highest BCUT2D eigenvalue weighted by molar-refractivity contribution is 5.94. The Balaban J connectivity index is 1.62. The Kier molecular flexibility index (Phi) is 5.99. The highest BCUT2D eigenvalue weighted by Gasteiger charge is 2.11. The maximum absolute atomic E-state index is 12.5. The number of ether oxygens (including phenoxy) is 2. The first-order valence-corrected chi connectivity index (χ1v) is 9.04. The Labute approximate surface area is 164 Å². The molecule has 0 saturated heterocycles. The molecule has 0 aliphatic rings. The number of amides is 1. The molecule has 1 amide bonds. The standard InChI is InChI=1S/C22H24N2O4/c1-14-8-9-17(10-21(14)26-4)12-23-22(25)18-6-5-7-19(11-18)27-13-20-15(2)24-28-16(20)3/h5-11H,12-13H2,1-4H3,(H,23,25). The van der Waals surface area contributed by atoms with E-state index in [0.29, 0.717) is 24.5 Å². The molecule has 146 valence electrons. The summed E-state index contributed by atoms with van der Waals surface area (Å²) in [6.07, 6.45) is 0. The van der Waals surface area contributed by atoms with E-state index in [1.54, 1.807) is 25.3 Å². The molecule has 0 atom stereocenters. The maximum Gasteiger partial charge on any atom is 0.251 e. The van der Waals surface area contributed by atoms with Crippen molar-refractivity contribution in [1.29, 1.82) is 0 Å². The summed E-state index contributed by atoms with van der Waals surface area (Å²) in [6.45, 7) is 6.46. The average Bonchev–Trinajstić information content (AvgIpc) is 3.03. The summed E-state index contributed by atoms with van der Waals surface area (Å²) < 4.78 is 16.3. The largest absolute Gasteiger partial charge is 0.496 e. The monoisotopic (exact) mass is 380 g/mol. The van der Waals surface area contributed by atoms with Crippen molar-refractivity contribution in [2.75, 3.05) is 7.11 Å². The Hall–Kier alpha value is -3.28. The van der Waals surface area contributed by atoms with Crippen LogP contribution in [0.5, 0.6) is 11.5 Å². The highest BCUT2D eigenvalue weighted by Crippen LogP contribution is 2.20. The number of aryl methyl sites for hydroxylation is 3. The van der Waals surface area contributed by atoms with Crippen LogP contribution in [0.1, 0.15) is 38.5 Å². The van der Waals surface area contributed by atoms with E-state index in [0.717, 1.165) is 33.9 Å². The minimum Gasteiger partial charge on any atom is -0.496 e. The topological polar surface area (TPSA) is 73.6 Å². The smallest absolute Gasteiger partial charge is 0.251 e. The quantitative estimate of drug-likeness (QED) is 0.667. The Morgan fingerprint density at radius 3 is 2.68 bits per heavy atom. The van der Waals surface area contributed by atoms with Crippen molar-refractivity contribution in [3.8, 4) is 11.5 Å². The van der Waals surface area contributed by atoms with Crippen LogP contribution < -0.4 is 14.8 Å². The first-order valence-electron chi connectivity index (χ1n) is 9.04. The van der Waals surface area contributed by atoms with E-state index in [9.17, 15) is 4.79 Å². The summed E-state index contributed by atoms with van der Waals surface area (Å²) in [6, 6.07) is 13.0. The number of rotatable bonds is 7. The Morgan fingerprint density at radius 2 is 1.96 bits per heavy atom. The molecule has 1 N–H and O–H groups in total. The predicted octanol–water partition coefficient (Wildman–Crippen LogP) is 4.12. The minimum atomic E-state index is -0.165. The second kappa shape index (κ2) is 8.61. The number of nitrogens with one attached hydrogen (secondary N) is 1. The van der Waals surface area contributed by atoms with E-state index in [4.69, 9.17) is 14.0 Å². The lowest BCUT2D eigenvalue weighted by Crippen LogP contribution is -2.22. The molecule has 0 aliphatic heterocycles. The van der Waals surface area contributed by atoms with Crippen molar-refractivity contribution in [2.45, 2.75) is 33.9 Å². The number of hydrogen-bond acceptors (Lipinski definition) is 5. The molecular formula is C22H24N2O4. The van der Waals surface area contributed by atoms with Gasteiger partial charge in [0.25, 0.3) is 5.91 Å². The van der Waals surface area contributed by atoms with Gasteiger partial charge in [0.05, 0.1) is 18.4 Å². The van der Waals surface area contributed by atoms with Gasteiger partial charge < -0.3 is 19.3 Å². The van der Waals surface area contributed by atoms with Crippen LogP contribution in [0, 0.1) is 20.8 Å². The lowest BCUT2D eigenvalue weighted by atomic mass is 10.1. The fourth-order valence-corrected chi connectivity index (χ4v) is 2.85. The van der Waals surface area contributed by atoms with Gasteiger partial charge in [0, 0.05) is 12.1 Å². The molecule has 3 rings (SSSR count). The number of carbonyl (C=O) groups is 1. The summed E-state index contributed by atoms with van der Waals surface area (Å²) in [4.78, 5) is 12.5. The van der Waals surface area contributed by atoms with Gasteiger partial charge >= 0.3 is 0 Å². The number of nitrogens with zero attached hydrogens (tertiary/aromatic N) is 1. The molecule has 6 nitrogen and oxygen atoms in total. The summed E-state index contributed by atoms with van der Waals surface area (Å²) in [5.41, 5.74) is 4.29. The molecule has 0 aliphatic carbocycles. The molecule has 0 saturated carbocycles. The van der Waals surface area contributed by atoms with Crippen molar-refractivity contribution < 1.29 is 18.8 Å². The van der Waals surface area contributed by atoms with Gasteiger partial charge in [0.1, 0.15) is 23.9 Å². The van der Waals surface area contributed by atoms with Gasteiger partial charge in [-0.15, -0.1) is 0 Å². The van der Waals surface area contributed by atoms with E-state index in [2.05, 4.69) is 10.5 Å². The van der Waals surface area contributed by atoms with Gasteiger partial charge in [-0.25, -0.2) is 0 Å². The van der Waals surface area contributed by atoms with Crippen LogP contribution in [0.2, 0.25) is 0 Å².